The van der Waals surface area contributed by atoms with Crippen molar-refractivity contribution < 1.29 is 0 Å². The molecule has 1 aromatic heterocycles. The highest BCUT2D eigenvalue weighted by atomic mass is 15.2. The van der Waals surface area contributed by atoms with Gasteiger partial charge in [0, 0.05) is 13.1 Å². The predicted molar refractivity (Wildman–Crippen MR) is 63.7 cm³/mol. The van der Waals surface area contributed by atoms with Crippen LogP contribution < -0.4 is 10.6 Å². The first-order valence-corrected chi connectivity index (χ1v) is 5.33. The first-order valence-electron chi connectivity index (χ1n) is 5.33. The Morgan fingerprint density at radius 1 is 1.44 bits per heavy atom. The standard InChI is InChI=1S/C11H17N5/c1-9(2)8-16(5-3-4-12)11-14-6-10(13)7-15-11/h6-7,9H,3,5,8,13H2,1-2H3. The molecule has 0 atom stereocenters. The van der Waals surface area contributed by atoms with Crippen LogP contribution in [0.4, 0.5) is 11.6 Å². The Bertz CT molecular complexity index is 352. The van der Waals surface area contributed by atoms with E-state index in [4.69, 9.17) is 11.0 Å². The van der Waals surface area contributed by atoms with Crippen molar-refractivity contribution >= 4 is 11.6 Å². The molecule has 0 spiro atoms. The van der Waals surface area contributed by atoms with Crippen molar-refractivity contribution in [1.29, 1.82) is 5.26 Å². The number of aromatic nitrogens is 2. The van der Waals surface area contributed by atoms with Crippen molar-refractivity contribution in [3.8, 4) is 6.07 Å². The van der Waals surface area contributed by atoms with Gasteiger partial charge in [-0.3, -0.25) is 0 Å². The van der Waals surface area contributed by atoms with Gasteiger partial charge in [0.05, 0.1) is 30.6 Å². The Morgan fingerprint density at radius 2 is 2.06 bits per heavy atom. The lowest BCUT2D eigenvalue weighted by Gasteiger charge is -2.23. The smallest absolute Gasteiger partial charge is 0.225 e. The number of nitrogens with two attached hydrogens (primary N) is 1. The van der Waals surface area contributed by atoms with E-state index >= 15 is 0 Å². The van der Waals surface area contributed by atoms with Gasteiger partial charge in [-0.15, -0.1) is 0 Å². The molecular formula is C11H17N5. The Balaban J connectivity index is 2.75. The van der Waals surface area contributed by atoms with Crippen molar-refractivity contribution in [1.82, 2.24) is 9.97 Å². The van der Waals surface area contributed by atoms with Gasteiger partial charge in [0.15, 0.2) is 0 Å². The summed E-state index contributed by atoms with van der Waals surface area (Å²) < 4.78 is 0. The molecule has 2 N–H and O–H groups in total. The Hall–Kier alpha value is -1.83. The number of rotatable bonds is 5. The molecule has 0 bridgehead atoms. The fraction of sp³-hybridized carbons (Fsp3) is 0.545. The molecule has 5 heteroatoms. The van der Waals surface area contributed by atoms with E-state index < -0.39 is 0 Å². The molecular weight excluding hydrogens is 202 g/mol. The summed E-state index contributed by atoms with van der Waals surface area (Å²) in [7, 11) is 0. The highest BCUT2D eigenvalue weighted by molar-refractivity contribution is 5.37. The number of nitrogens with zero attached hydrogens (tertiary/aromatic N) is 4. The summed E-state index contributed by atoms with van der Waals surface area (Å²) in [6.07, 6.45) is 3.64. The lowest BCUT2D eigenvalue weighted by Crippen LogP contribution is -2.30. The van der Waals surface area contributed by atoms with Crippen molar-refractivity contribution in [3.63, 3.8) is 0 Å². The maximum Gasteiger partial charge on any atom is 0.225 e. The second-order valence-corrected chi connectivity index (χ2v) is 4.06. The topological polar surface area (TPSA) is 78.8 Å². The second-order valence-electron chi connectivity index (χ2n) is 4.06. The molecule has 1 rings (SSSR count). The van der Waals surface area contributed by atoms with Gasteiger partial charge in [-0.1, -0.05) is 13.8 Å². The molecule has 0 aliphatic carbocycles. The predicted octanol–water partition coefficient (Wildman–Crippen LogP) is 1.43. The molecule has 0 saturated carbocycles. The fourth-order valence-electron chi connectivity index (χ4n) is 1.39. The summed E-state index contributed by atoms with van der Waals surface area (Å²) in [6, 6.07) is 2.13. The zero-order chi connectivity index (χ0) is 12.0. The molecule has 5 nitrogen and oxygen atoms in total. The Labute approximate surface area is 95.9 Å². The molecule has 0 radical (unpaired) electrons. The van der Waals surface area contributed by atoms with Gasteiger partial charge in [0.2, 0.25) is 5.95 Å². The van der Waals surface area contributed by atoms with E-state index in [1.807, 2.05) is 4.90 Å². The monoisotopic (exact) mass is 219 g/mol. The van der Waals surface area contributed by atoms with Crippen LogP contribution in [0.1, 0.15) is 20.3 Å². The van der Waals surface area contributed by atoms with Crippen molar-refractivity contribution in [2.24, 2.45) is 5.92 Å². The summed E-state index contributed by atoms with van der Waals surface area (Å²) in [5, 5.41) is 8.60. The highest BCUT2D eigenvalue weighted by Crippen LogP contribution is 2.10. The van der Waals surface area contributed by atoms with Gasteiger partial charge in [0.1, 0.15) is 0 Å². The van der Waals surface area contributed by atoms with Crippen LogP contribution in [0.5, 0.6) is 0 Å². The fourth-order valence-corrected chi connectivity index (χ4v) is 1.39. The zero-order valence-electron chi connectivity index (χ0n) is 9.72. The van der Waals surface area contributed by atoms with Crippen LogP contribution in [-0.4, -0.2) is 23.1 Å². The summed E-state index contributed by atoms with van der Waals surface area (Å²) in [4.78, 5) is 10.3. The third-order valence-corrected chi connectivity index (χ3v) is 2.02. The maximum absolute atomic E-state index is 8.60. The van der Waals surface area contributed by atoms with Gasteiger partial charge < -0.3 is 10.6 Å². The van der Waals surface area contributed by atoms with E-state index in [1.54, 1.807) is 12.4 Å². The maximum atomic E-state index is 8.60. The molecule has 0 fully saturated rings. The van der Waals surface area contributed by atoms with Crippen LogP contribution in [0.25, 0.3) is 0 Å². The normalized spacial score (nSPS) is 10.1. The van der Waals surface area contributed by atoms with Crippen LogP contribution in [0.3, 0.4) is 0 Å². The molecule has 86 valence electrons. The van der Waals surface area contributed by atoms with E-state index in [-0.39, 0.29) is 0 Å². The van der Waals surface area contributed by atoms with Gasteiger partial charge in [0.25, 0.3) is 0 Å². The van der Waals surface area contributed by atoms with Crippen molar-refractivity contribution in [2.45, 2.75) is 20.3 Å². The molecule has 0 aliphatic rings. The van der Waals surface area contributed by atoms with Gasteiger partial charge >= 0.3 is 0 Å². The summed E-state index contributed by atoms with van der Waals surface area (Å²) in [5.74, 6) is 1.14. The van der Waals surface area contributed by atoms with Gasteiger partial charge in [-0.25, -0.2) is 9.97 Å². The molecule has 0 aliphatic heterocycles. The first kappa shape index (κ1) is 12.2. The SMILES string of the molecule is CC(C)CN(CCC#N)c1ncc(N)cn1. The van der Waals surface area contributed by atoms with Crippen LogP contribution in [0.2, 0.25) is 0 Å². The minimum absolute atomic E-state index is 0.473. The third-order valence-electron chi connectivity index (χ3n) is 2.02. The Morgan fingerprint density at radius 3 is 2.56 bits per heavy atom. The highest BCUT2D eigenvalue weighted by Gasteiger charge is 2.10. The average Bonchev–Trinajstić information content (AvgIpc) is 2.25. The van der Waals surface area contributed by atoms with Gasteiger partial charge in [-0.05, 0) is 5.92 Å². The van der Waals surface area contributed by atoms with Crippen LogP contribution in [-0.2, 0) is 0 Å². The number of nitrogen functional groups attached to an aromatic ring is 1. The largest absolute Gasteiger partial charge is 0.396 e. The molecule has 0 saturated heterocycles. The Kier molecular flexibility index (Phi) is 4.52. The van der Waals surface area contributed by atoms with E-state index in [0.29, 0.717) is 30.5 Å². The molecule has 0 unspecified atom stereocenters. The second kappa shape index (κ2) is 5.91. The summed E-state index contributed by atoms with van der Waals surface area (Å²) >= 11 is 0. The molecule has 1 aromatic rings. The van der Waals surface area contributed by atoms with Crippen molar-refractivity contribution in [3.05, 3.63) is 12.4 Å². The lowest BCUT2D eigenvalue weighted by molar-refractivity contribution is 0.602. The van der Waals surface area contributed by atoms with E-state index in [9.17, 15) is 0 Å². The van der Waals surface area contributed by atoms with Gasteiger partial charge in [-0.2, -0.15) is 5.26 Å². The number of hydrogen-bond donors (Lipinski definition) is 1. The average molecular weight is 219 g/mol. The molecule has 1 heterocycles. The quantitative estimate of drug-likeness (QED) is 0.810. The first-order chi connectivity index (χ1) is 7.63. The molecule has 0 amide bonds. The van der Waals surface area contributed by atoms with E-state index in [1.165, 1.54) is 0 Å². The molecule has 0 aromatic carbocycles. The van der Waals surface area contributed by atoms with Crippen LogP contribution >= 0.6 is 0 Å². The minimum atomic E-state index is 0.473. The van der Waals surface area contributed by atoms with Crippen LogP contribution in [0.15, 0.2) is 12.4 Å². The summed E-state index contributed by atoms with van der Waals surface area (Å²) in [6.45, 7) is 5.73. The minimum Gasteiger partial charge on any atom is -0.396 e. The van der Waals surface area contributed by atoms with Crippen LogP contribution in [0, 0.1) is 17.2 Å². The number of anilines is 2. The van der Waals surface area contributed by atoms with Crippen molar-refractivity contribution in [2.75, 3.05) is 23.7 Å². The molecule has 16 heavy (non-hydrogen) atoms. The number of hydrogen-bond acceptors (Lipinski definition) is 5. The zero-order valence-corrected chi connectivity index (χ0v) is 9.72. The lowest BCUT2D eigenvalue weighted by atomic mass is 10.2. The third kappa shape index (κ3) is 3.73. The van der Waals surface area contributed by atoms with E-state index in [0.717, 1.165) is 6.54 Å². The van der Waals surface area contributed by atoms with E-state index in [2.05, 4.69) is 29.9 Å². The number of nitriles is 1. The summed E-state index contributed by atoms with van der Waals surface area (Å²) in [5.41, 5.74) is 6.08.